The number of aryl methyl sites for hydroxylation is 1. The molecule has 136 valence electrons. The van der Waals surface area contributed by atoms with Gasteiger partial charge in [0.2, 0.25) is 6.41 Å². The van der Waals surface area contributed by atoms with Crippen molar-refractivity contribution < 1.29 is 9.53 Å². The van der Waals surface area contributed by atoms with Gasteiger partial charge >= 0.3 is 0 Å². The van der Waals surface area contributed by atoms with Gasteiger partial charge in [-0.3, -0.25) is 4.79 Å². The molecule has 3 aliphatic carbocycles. The summed E-state index contributed by atoms with van der Waals surface area (Å²) in [6.07, 6.45) is 8.68. The van der Waals surface area contributed by atoms with E-state index in [1.165, 1.54) is 43.2 Å². The summed E-state index contributed by atoms with van der Waals surface area (Å²) < 4.78 is 5.84. The van der Waals surface area contributed by atoms with Crippen molar-refractivity contribution in [3.05, 3.63) is 23.3 Å². The van der Waals surface area contributed by atoms with Crippen LogP contribution in [0.15, 0.2) is 12.1 Å². The highest BCUT2D eigenvalue weighted by molar-refractivity contribution is 5.76. The van der Waals surface area contributed by atoms with Gasteiger partial charge in [-0.2, -0.15) is 0 Å². The van der Waals surface area contributed by atoms with Crippen LogP contribution in [0.5, 0.6) is 5.75 Å². The summed E-state index contributed by atoms with van der Waals surface area (Å²) in [7, 11) is 0. The molecule has 4 rings (SSSR count). The van der Waals surface area contributed by atoms with Crippen LogP contribution in [0.4, 0.5) is 5.69 Å². The van der Waals surface area contributed by atoms with E-state index in [-0.39, 0.29) is 0 Å². The molecule has 1 aromatic carbocycles. The summed E-state index contributed by atoms with van der Waals surface area (Å²) in [5.41, 5.74) is 4.30. The Morgan fingerprint density at radius 3 is 2.88 bits per heavy atom. The third-order valence-electron chi connectivity index (χ3n) is 7.81. The molecule has 2 saturated carbocycles. The van der Waals surface area contributed by atoms with Gasteiger partial charge in [0, 0.05) is 0 Å². The van der Waals surface area contributed by atoms with Crippen LogP contribution < -0.4 is 10.1 Å². The molecule has 4 unspecified atom stereocenters. The molecular formula is C22H31NO2. The Morgan fingerprint density at radius 1 is 1.28 bits per heavy atom. The summed E-state index contributed by atoms with van der Waals surface area (Å²) in [5, 5.41) is 2.83. The van der Waals surface area contributed by atoms with Crippen LogP contribution in [0.25, 0.3) is 0 Å². The maximum Gasteiger partial charge on any atom is 0.211 e. The number of fused-ring (bicyclic) bond motifs is 5. The van der Waals surface area contributed by atoms with Crippen LogP contribution in [0.3, 0.4) is 0 Å². The van der Waals surface area contributed by atoms with E-state index in [2.05, 4.69) is 31.3 Å². The Balaban J connectivity index is 1.70. The molecule has 0 aliphatic heterocycles. The Morgan fingerprint density at radius 2 is 2.12 bits per heavy atom. The maximum absolute atomic E-state index is 11.0. The fraction of sp³-hybridized carbons (Fsp3) is 0.682. The molecule has 3 heteroatoms. The van der Waals surface area contributed by atoms with E-state index >= 15 is 0 Å². The molecule has 0 radical (unpaired) electrons. The second kappa shape index (κ2) is 6.34. The summed E-state index contributed by atoms with van der Waals surface area (Å²) >= 11 is 0. The number of rotatable bonds is 4. The first kappa shape index (κ1) is 16.9. The molecule has 0 heterocycles. The number of hydrogen-bond donors (Lipinski definition) is 1. The Kier molecular flexibility index (Phi) is 4.29. The Bertz CT molecular complexity index is 670. The van der Waals surface area contributed by atoms with Crippen molar-refractivity contribution in [2.24, 2.45) is 23.2 Å². The van der Waals surface area contributed by atoms with Gasteiger partial charge in [0.15, 0.2) is 0 Å². The van der Waals surface area contributed by atoms with E-state index in [0.29, 0.717) is 17.9 Å². The van der Waals surface area contributed by atoms with E-state index in [4.69, 9.17) is 4.74 Å². The number of benzene rings is 1. The molecule has 25 heavy (non-hydrogen) atoms. The summed E-state index contributed by atoms with van der Waals surface area (Å²) in [6.45, 7) is 7.66. The molecule has 3 aliphatic rings. The van der Waals surface area contributed by atoms with E-state index in [0.717, 1.165) is 42.0 Å². The van der Waals surface area contributed by atoms with Gasteiger partial charge in [-0.25, -0.2) is 0 Å². The number of carbonyl (C=O) groups excluding carboxylic acids is 1. The highest BCUT2D eigenvalue weighted by atomic mass is 16.5. The minimum absolute atomic E-state index is 0.556. The molecule has 2 fully saturated rings. The van der Waals surface area contributed by atoms with Crippen LogP contribution in [-0.2, 0) is 11.2 Å². The maximum atomic E-state index is 11.0. The highest BCUT2D eigenvalue weighted by Crippen LogP contribution is 2.63. The average Bonchev–Trinajstić information content (AvgIpc) is 2.91. The zero-order valence-electron chi connectivity index (χ0n) is 15.8. The smallest absolute Gasteiger partial charge is 0.211 e. The van der Waals surface area contributed by atoms with Crippen molar-refractivity contribution >= 4 is 12.1 Å². The normalized spacial score (nSPS) is 36.1. The molecule has 1 N–H and O–H groups in total. The molecule has 1 aromatic rings. The van der Waals surface area contributed by atoms with Crippen molar-refractivity contribution in [2.75, 3.05) is 11.9 Å². The van der Waals surface area contributed by atoms with Crippen LogP contribution in [0, 0.1) is 23.2 Å². The van der Waals surface area contributed by atoms with E-state index < -0.39 is 0 Å². The van der Waals surface area contributed by atoms with Crippen LogP contribution in [0.1, 0.15) is 69.9 Å². The summed E-state index contributed by atoms with van der Waals surface area (Å²) in [4.78, 5) is 11.0. The first-order valence-electron chi connectivity index (χ1n) is 10.1. The van der Waals surface area contributed by atoms with Crippen LogP contribution >= 0.6 is 0 Å². The lowest BCUT2D eigenvalue weighted by molar-refractivity contribution is -0.105. The number of ether oxygens (including phenoxy) is 1. The van der Waals surface area contributed by atoms with Gasteiger partial charge in [0.1, 0.15) is 5.75 Å². The lowest BCUT2D eigenvalue weighted by Crippen LogP contribution is -2.41. The van der Waals surface area contributed by atoms with Gasteiger partial charge in [-0.1, -0.05) is 13.8 Å². The van der Waals surface area contributed by atoms with Gasteiger partial charge in [0.05, 0.1) is 12.3 Å². The second-order valence-corrected chi connectivity index (χ2v) is 8.68. The largest absolute Gasteiger partial charge is 0.492 e. The van der Waals surface area contributed by atoms with Crippen LogP contribution in [-0.4, -0.2) is 13.0 Å². The number of nitrogens with one attached hydrogen (secondary N) is 1. The van der Waals surface area contributed by atoms with Gasteiger partial charge in [-0.05, 0) is 97.8 Å². The lowest BCUT2D eigenvalue weighted by atomic mass is 9.54. The highest BCUT2D eigenvalue weighted by Gasteiger charge is 2.53. The SMILES string of the molecule is CCOc1cc2c(cc1NC=O)CCC1C2CC[C@]2(C)C(C)CCC12. The molecule has 0 bridgehead atoms. The standard InChI is InChI=1S/C22H31NO2/c1-4-25-21-12-18-15(11-20(21)23-13-24)6-7-17-16(18)9-10-22(3)14(2)5-8-19(17)22/h11-14,16-17,19H,4-10H2,1-3H3,(H,23,24)/t14?,16?,17?,19?,22-/m1/s1. The van der Waals surface area contributed by atoms with Gasteiger partial charge in [-0.15, -0.1) is 0 Å². The number of amides is 1. The van der Waals surface area contributed by atoms with Crippen molar-refractivity contribution in [1.82, 2.24) is 0 Å². The molecule has 1 amide bonds. The van der Waals surface area contributed by atoms with Crippen molar-refractivity contribution in [1.29, 1.82) is 0 Å². The van der Waals surface area contributed by atoms with E-state index in [1.54, 1.807) is 0 Å². The first-order valence-corrected chi connectivity index (χ1v) is 10.1. The topological polar surface area (TPSA) is 38.3 Å². The predicted octanol–water partition coefficient (Wildman–Crippen LogP) is 5.15. The molecule has 0 spiro atoms. The van der Waals surface area contributed by atoms with E-state index in [1.807, 2.05) is 6.92 Å². The van der Waals surface area contributed by atoms with E-state index in [9.17, 15) is 4.79 Å². The third-order valence-corrected chi connectivity index (χ3v) is 7.81. The Labute approximate surface area is 151 Å². The first-order chi connectivity index (χ1) is 12.1. The van der Waals surface area contributed by atoms with Crippen molar-refractivity contribution in [3.63, 3.8) is 0 Å². The minimum Gasteiger partial charge on any atom is -0.492 e. The second-order valence-electron chi connectivity index (χ2n) is 8.68. The summed E-state index contributed by atoms with van der Waals surface area (Å²) in [6, 6.07) is 4.40. The van der Waals surface area contributed by atoms with Crippen molar-refractivity contribution in [3.8, 4) is 5.75 Å². The zero-order chi connectivity index (χ0) is 17.6. The monoisotopic (exact) mass is 341 g/mol. The zero-order valence-corrected chi connectivity index (χ0v) is 15.8. The minimum atomic E-state index is 0.556. The average molecular weight is 341 g/mol. The fourth-order valence-corrected chi connectivity index (χ4v) is 6.31. The Hall–Kier alpha value is -1.51. The molecule has 5 atom stereocenters. The number of carbonyl (C=O) groups is 1. The third kappa shape index (κ3) is 2.58. The predicted molar refractivity (Wildman–Crippen MR) is 101 cm³/mol. The molecule has 0 aromatic heterocycles. The number of hydrogen-bond acceptors (Lipinski definition) is 2. The van der Waals surface area contributed by atoms with Crippen molar-refractivity contribution in [2.45, 2.75) is 65.2 Å². The quantitative estimate of drug-likeness (QED) is 0.770. The lowest BCUT2D eigenvalue weighted by Gasteiger charge is -2.50. The van der Waals surface area contributed by atoms with Crippen LogP contribution in [0.2, 0.25) is 0 Å². The summed E-state index contributed by atoms with van der Waals surface area (Å²) in [5.74, 6) is 4.10. The molecular weight excluding hydrogens is 310 g/mol. The molecule has 3 nitrogen and oxygen atoms in total. The number of anilines is 1. The fourth-order valence-electron chi connectivity index (χ4n) is 6.31. The van der Waals surface area contributed by atoms with Gasteiger partial charge < -0.3 is 10.1 Å². The molecule has 0 saturated heterocycles. The van der Waals surface area contributed by atoms with Gasteiger partial charge in [0.25, 0.3) is 0 Å².